The van der Waals surface area contributed by atoms with Crippen LogP contribution >= 0.6 is 0 Å². The normalized spacial score (nSPS) is 11.3. The molecule has 0 bridgehead atoms. The highest BCUT2D eigenvalue weighted by molar-refractivity contribution is 7.89. The molecule has 88 valence electrons. The van der Waals surface area contributed by atoms with Crippen LogP contribution in [0.3, 0.4) is 0 Å². The number of pyridine rings is 1. The summed E-state index contributed by atoms with van der Waals surface area (Å²) in [4.78, 5) is 19.1. The summed E-state index contributed by atoms with van der Waals surface area (Å²) >= 11 is 0. The van der Waals surface area contributed by atoms with E-state index in [9.17, 15) is 18.5 Å². The zero-order valence-corrected chi connectivity index (χ0v) is 9.10. The van der Waals surface area contributed by atoms with Gasteiger partial charge in [-0.25, -0.2) is 8.42 Å². The Morgan fingerprint density at radius 2 is 2.25 bits per heavy atom. The largest absolute Gasteiger partial charge is 0.363 e. The first kappa shape index (κ1) is 12.5. The van der Waals surface area contributed by atoms with Gasteiger partial charge >= 0.3 is 5.82 Å². The third kappa shape index (κ3) is 2.95. The molecule has 1 rings (SSSR count). The van der Waals surface area contributed by atoms with Gasteiger partial charge in [-0.2, -0.15) is 0 Å². The Balaban J connectivity index is 2.93. The van der Waals surface area contributed by atoms with E-state index in [1.165, 1.54) is 0 Å². The summed E-state index contributed by atoms with van der Waals surface area (Å²) in [5.41, 5.74) is 0. The molecule has 0 aliphatic heterocycles. The first-order chi connectivity index (χ1) is 7.47. The number of sulfonamides is 1. The van der Waals surface area contributed by atoms with Crippen molar-refractivity contribution in [2.75, 3.05) is 6.61 Å². The summed E-state index contributed by atoms with van der Waals surface area (Å²) < 4.78 is 22.9. The molecule has 0 aliphatic rings. The van der Waals surface area contributed by atoms with Crippen LogP contribution in [0.25, 0.3) is 0 Å². The molecule has 0 atom stereocenters. The zero-order valence-electron chi connectivity index (χ0n) is 8.28. The highest BCUT2D eigenvalue weighted by Crippen LogP contribution is 2.11. The van der Waals surface area contributed by atoms with Crippen LogP contribution in [0.15, 0.2) is 23.2 Å². The third-order valence-corrected chi connectivity index (χ3v) is 2.73. The lowest BCUT2D eigenvalue weighted by atomic mass is 10.5. The first-order valence-electron chi connectivity index (χ1n) is 4.21. The minimum absolute atomic E-state index is 0.166. The number of nitrogens with zero attached hydrogens (tertiary/aromatic N) is 2. The van der Waals surface area contributed by atoms with E-state index in [0.29, 0.717) is 0 Å². The van der Waals surface area contributed by atoms with Gasteiger partial charge in [0.05, 0.1) is 6.61 Å². The summed E-state index contributed by atoms with van der Waals surface area (Å²) in [6.45, 7) is 1.77. The molecule has 1 N–H and O–H groups in total. The molecule has 0 saturated carbocycles. The number of nitrogens with one attached hydrogen (secondary N) is 1. The molecule has 1 aromatic heterocycles. The Hall–Kier alpha value is -1.58. The Morgan fingerprint density at radius 1 is 1.56 bits per heavy atom. The molecule has 0 aromatic carbocycles. The van der Waals surface area contributed by atoms with Crippen molar-refractivity contribution in [1.82, 2.24) is 9.87 Å². The monoisotopic (exact) mass is 247 g/mol. The van der Waals surface area contributed by atoms with Crippen molar-refractivity contribution < 1.29 is 18.2 Å². The first-order valence-corrected chi connectivity index (χ1v) is 5.69. The average Bonchev–Trinajstić information content (AvgIpc) is 2.26. The van der Waals surface area contributed by atoms with Crippen LogP contribution < -0.4 is 4.89 Å². The predicted octanol–water partition coefficient (Wildman–Crippen LogP) is 0.220. The number of aromatic nitrogens is 1. The number of hydrogen-bond donors (Lipinski definition) is 1. The van der Waals surface area contributed by atoms with Crippen LogP contribution in [-0.4, -0.2) is 24.9 Å². The molecular weight excluding hydrogens is 238 g/mol. The Morgan fingerprint density at radius 3 is 2.69 bits per heavy atom. The van der Waals surface area contributed by atoms with Crippen molar-refractivity contribution in [3.05, 3.63) is 28.4 Å². The van der Waals surface area contributed by atoms with Gasteiger partial charge in [0, 0.05) is 6.07 Å². The second-order valence-corrected chi connectivity index (χ2v) is 4.27. The molecule has 0 aliphatic carbocycles. The van der Waals surface area contributed by atoms with E-state index in [-0.39, 0.29) is 11.5 Å². The van der Waals surface area contributed by atoms with Crippen LogP contribution in [0.4, 0.5) is 5.82 Å². The molecule has 0 fully saturated rings. The molecule has 0 saturated heterocycles. The maximum atomic E-state index is 11.4. The fourth-order valence-corrected chi connectivity index (χ4v) is 1.63. The molecule has 16 heavy (non-hydrogen) atoms. The molecule has 1 heterocycles. The van der Waals surface area contributed by atoms with E-state index in [2.05, 4.69) is 9.82 Å². The van der Waals surface area contributed by atoms with E-state index in [4.69, 9.17) is 0 Å². The standard InChI is InChI=1S/C7H9N3O5S/c1-2-15-9-16(13,14)6-3-4-7(8-5-6)10(11)12/h3-5,9H,2H2,1H3. The highest BCUT2D eigenvalue weighted by Gasteiger charge is 2.17. The summed E-state index contributed by atoms with van der Waals surface area (Å²) in [5, 5.41) is 10.3. The molecular formula is C7H9N3O5S. The van der Waals surface area contributed by atoms with Gasteiger partial charge in [0.25, 0.3) is 10.0 Å². The summed E-state index contributed by atoms with van der Waals surface area (Å²) in [6, 6.07) is 2.08. The minimum atomic E-state index is -3.82. The topological polar surface area (TPSA) is 111 Å². The van der Waals surface area contributed by atoms with Crippen molar-refractivity contribution in [3.8, 4) is 0 Å². The van der Waals surface area contributed by atoms with Crippen LogP contribution in [0.1, 0.15) is 6.92 Å². The predicted molar refractivity (Wildman–Crippen MR) is 52.8 cm³/mol. The van der Waals surface area contributed by atoms with Gasteiger partial charge < -0.3 is 10.1 Å². The van der Waals surface area contributed by atoms with E-state index in [1.54, 1.807) is 6.92 Å². The second-order valence-electron chi connectivity index (χ2n) is 2.63. The lowest BCUT2D eigenvalue weighted by molar-refractivity contribution is -0.389. The maximum absolute atomic E-state index is 11.4. The summed E-state index contributed by atoms with van der Waals surface area (Å²) in [5.74, 6) is -0.421. The zero-order chi connectivity index (χ0) is 12.2. The van der Waals surface area contributed by atoms with Crippen molar-refractivity contribution >= 4 is 15.8 Å². The SMILES string of the molecule is CCONS(=O)(=O)c1ccc([N+](=O)[O-])nc1. The van der Waals surface area contributed by atoms with E-state index >= 15 is 0 Å². The maximum Gasteiger partial charge on any atom is 0.363 e. The van der Waals surface area contributed by atoms with E-state index in [1.807, 2.05) is 4.89 Å². The molecule has 1 aromatic rings. The molecule has 0 radical (unpaired) electrons. The summed E-state index contributed by atoms with van der Waals surface area (Å²) in [7, 11) is -3.82. The van der Waals surface area contributed by atoms with Gasteiger partial charge in [-0.3, -0.25) is 4.84 Å². The fraction of sp³-hybridized carbons (Fsp3) is 0.286. The van der Waals surface area contributed by atoms with Crippen LogP contribution in [-0.2, 0) is 14.9 Å². The lowest BCUT2D eigenvalue weighted by Crippen LogP contribution is -2.24. The average molecular weight is 247 g/mol. The van der Waals surface area contributed by atoms with E-state index in [0.717, 1.165) is 18.3 Å². The van der Waals surface area contributed by atoms with Gasteiger partial charge in [-0.05, 0) is 22.9 Å². The molecule has 0 spiro atoms. The van der Waals surface area contributed by atoms with Gasteiger partial charge in [0.2, 0.25) is 0 Å². The van der Waals surface area contributed by atoms with Crippen molar-refractivity contribution in [2.24, 2.45) is 0 Å². The van der Waals surface area contributed by atoms with Gasteiger partial charge in [-0.15, -0.1) is 0 Å². The van der Waals surface area contributed by atoms with Crippen LogP contribution in [0.2, 0.25) is 0 Å². The molecule has 8 nitrogen and oxygen atoms in total. The molecule has 9 heteroatoms. The third-order valence-electron chi connectivity index (χ3n) is 1.53. The molecule has 0 amide bonds. The highest BCUT2D eigenvalue weighted by atomic mass is 32.2. The van der Waals surface area contributed by atoms with E-state index < -0.39 is 20.8 Å². The minimum Gasteiger partial charge on any atom is -0.358 e. The Kier molecular flexibility index (Phi) is 3.88. The van der Waals surface area contributed by atoms with Gasteiger partial charge in [0.1, 0.15) is 4.90 Å². The van der Waals surface area contributed by atoms with Gasteiger partial charge in [-0.1, -0.05) is 4.89 Å². The van der Waals surface area contributed by atoms with Gasteiger partial charge in [0.15, 0.2) is 6.20 Å². The van der Waals surface area contributed by atoms with Crippen LogP contribution in [0.5, 0.6) is 0 Å². The second kappa shape index (κ2) is 4.96. The smallest absolute Gasteiger partial charge is 0.358 e. The summed E-state index contributed by atoms with van der Waals surface area (Å²) in [6.07, 6.45) is 0.888. The quantitative estimate of drug-likeness (QED) is 0.588. The fourth-order valence-electron chi connectivity index (χ4n) is 0.824. The van der Waals surface area contributed by atoms with Crippen molar-refractivity contribution in [2.45, 2.75) is 11.8 Å². The number of nitro groups is 1. The number of hydrogen-bond acceptors (Lipinski definition) is 6. The Bertz CT molecular complexity index is 469. The molecule has 0 unspecified atom stereocenters. The van der Waals surface area contributed by atoms with Crippen molar-refractivity contribution in [3.63, 3.8) is 0 Å². The van der Waals surface area contributed by atoms with Crippen molar-refractivity contribution in [1.29, 1.82) is 0 Å². The number of rotatable bonds is 5. The van der Waals surface area contributed by atoms with Crippen LogP contribution in [0, 0.1) is 10.1 Å². The Labute approximate surface area is 91.4 Å². The lowest BCUT2D eigenvalue weighted by Gasteiger charge is -2.03.